The SMILES string of the molecule is [CH2-]Oc1ccccc1.[Y+3]. The Morgan fingerprint density at radius 3 is 2.00 bits per heavy atom. The molecule has 0 amide bonds. The number of hydrogen-bond acceptors (Lipinski definition) is 1. The Bertz CT molecular complexity index is 150. The van der Waals surface area contributed by atoms with E-state index in [1.54, 1.807) is 0 Å². The number of hydrogen-bond donors (Lipinski definition) is 0. The summed E-state index contributed by atoms with van der Waals surface area (Å²) in [7, 11) is 3.26. The molecule has 1 rings (SSSR count). The molecule has 0 unspecified atom stereocenters. The van der Waals surface area contributed by atoms with E-state index in [0.29, 0.717) is 0 Å². The molecule has 0 atom stereocenters. The summed E-state index contributed by atoms with van der Waals surface area (Å²) in [5.41, 5.74) is 0. The van der Waals surface area contributed by atoms with Crippen molar-refractivity contribution >= 4 is 0 Å². The molecule has 9 heavy (non-hydrogen) atoms. The summed E-state index contributed by atoms with van der Waals surface area (Å²) in [5.74, 6) is 0.799. The molecular formula is C7H7OY+2. The maximum absolute atomic E-state index is 4.66. The monoisotopic (exact) mass is 196 g/mol. The fourth-order valence-electron chi connectivity index (χ4n) is 0.517. The van der Waals surface area contributed by atoms with Gasteiger partial charge in [-0.3, -0.25) is 0 Å². The summed E-state index contributed by atoms with van der Waals surface area (Å²) in [4.78, 5) is 0. The van der Waals surface area contributed by atoms with Gasteiger partial charge in [-0.05, 0) is 12.1 Å². The fraction of sp³-hybridized carbons (Fsp3) is 0. The van der Waals surface area contributed by atoms with Crippen molar-refractivity contribution in [1.29, 1.82) is 0 Å². The third-order valence-corrected chi connectivity index (χ3v) is 0.910. The second-order valence-corrected chi connectivity index (χ2v) is 1.46. The molecule has 1 nitrogen and oxygen atoms in total. The van der Waals surface area contributed by atoms with E-state index in [1.807, 2.05) is 30.3 Å². The van der Waals surface area contributed by atoms with Gasteiger partial charge in [-0.2, -0.15) is 7.11 Å². The molecule has 0 aromatic heterocycles. The van der Waals surface area contributed by atoms with Crippen LogP contribution in [0.25, 0.3) is 0 Å². The van der Waals surface area contributed by atoms with Gasteiger partial charge in [-0.1, -0.05) is 18.2 Å². The topological polar surface area (TPSA) is 9.23 Å². The van der Waals surface area contributed by atoms with Crippen LogP contribution in [0, 0.1) is 7.11 Å². The van der Waals surface area contributed by atoms with Crippen molar-refractivity contribution in [2.24, 2.45) is 0 Å². The second-order valence-electron chi connectivity index (χ2n) is 1.46. The molecule has 0 radical (unpaired) electrons. The van der Waals surface area contributed by atoms with Crippen LogP contribution in [0.2, 0.25) is 0 Å². The van der Waals surface area contributed by atoms with Crippen molar-refractivity contribution in [3.8, 4) is 5.75 Å². The molecule has 0 saturated heterocycles. The summed E-state index contributed by atoms with van der Waals surface area (Å²) in [6, 6.07) is 9.45. The third kappa shape index (κ3) is 2.97. The largest absolute Gasteiger partial charge is 3.00 e. The summed E-state index contributed by atoms with van der Waals surface area (Å²) in [6.07, 6.45) is 0. The Labute approximate surface area is 80.3 Å². The molecule has 0 aliphatic rings. The Hall–Kier alpha value is 0.124. The molecule has 0 N–H and O–H groups in total. The van der Waals surface area contributed by atoms with E-state index in [0.717, 1.165) is 5.75 Å². The Morgan fingerprint density at radius 2 is 1.67 bits per heavy atom. The van der Waals surface area contributed by atoms with Crippen molar-refractivity contribution in [3.63, 3.8) is 0 Å². The maximum Gasteiger partial charge on any atom is 3.00 e. The van der Waals surface area contributed by atoms with Crippen molar-refractivity contribution < 1.29 is 37.4 Å². The van der Waals surface area contributed by atoms with E-state index in [-0.39, 0.29) is 32.7 Å². The zero-order chi connectivity index (χ0) is 5.82. The van der Waals surface area contributed by atoms with Crippen LogP contribution in [0.3, 0.4) is 0 Å². The Kier molecular flexibility index (Phi) is 5.02. The predicted molar refractivity (Wildman–Crippen MR) is 32.4 cm³/mol. The number of benzene rings is 1. The van der Waals surface area contributed by atoms with Gasteiger partial charge in [0.1, 0.15) is 0 Å². The fourth-order valence-corrected chi connectivity index (χ4v) is 0.517. The average molecular weight is 196 g/mol. The maximum atomic E-state index is 4.66. The minimum Gasteiger partial charge on any atom is -0.665 e. The molecule has 0 bridgehead atoms. The van der Waals surface area contributed by atoms with Gasteiger partial charge in [-0.25, -0.2) is 0 Å². The average Bonchev–Trinajstić information content (AvgIpc) is 1.90. The molecule has 0 aliphatic carbocycles. The zero-order valence-electron chi connectivity index (χ0n) is 5.08. The summed E-state index contributed by atoms with van der Waals surface area (Å²) < 4.78 is 4.66. The van der Waals surface area contributed by atoms with Crippen LogP contribution >= 0.6 is 0 Å². The smallest absolute Gasteiger partial charge is 0.665 e. The first kappa shape index (κ1) is 9.12. The summed E-state index contributed by atoms with van der Waals surface area (Å²) >= 11 is 0. The van der Waals surface area contributed by atoms with Crippen molar-refractivity contribution in [1.82, 2.24) is 0 Å². The van der Waals surface area contributed by atoms with E-state index in [1.165, 1.54) is 0 Å². The van der Waals surface area contributed by atoms with Gasteiger partial charge < -0.3 is 4.74 Å². The minimum absolute atomic E-state index is 0. The van der Waals surface area contributed by atoms with Gasteiger partial charge in [0.2, 0.25) is 0 Å². The van der Waals surface area contributed by atoms with E-state index in [2.05, 4.69) is 11.8 Å². The van der Waals surface area contributed by atoms with Crippen LogP contribution in [-0.4, -0.2) is 0 Å². The van der Waals surface area contributed by atoms with Gasteiger partial charge in [0.25, 0.3) is 0 Å². The van der Waals surface area contributed by atoms with E-state index in [4.69, 9.17) is 0 Å². The van der Waals surface area contributed by atoms with Gasteiger partial charge in [0.15, 0.2) is 0 Å². The normalized spacial score (nSPS) is 7.67. The second kappa shape index (κ2) is 4.95. The number of para-hydroxylation sites is 1. The molecule has 1 aromatic carbocycles. The standard InChI is InChI=1S/C7H7O.Y/c1-8-7-5-3-2-4-6-7;/h2-6H,1H2;/q-1;+3. The van der Waals surface area contributed by atoms with Crippen molar-refractivity contribution in [2.45, 2.75) is 0 Å². The zero-order valence-corrected chi connectivity index (χ0v) is 7.92. The van der Waals surface area contributed by atoms with Crippen LogP contribution in [0.5, 0.6) is 5.75 Å². The Balaban J connectivity index is 0.000000640. The first-order valence-electron chi connectivity index (χ1n) is 2.40. The quantitative estimate of drug-likeness (QED) is 0.623. The van der Waals surface area contributed by atoms with Crippen LogP contribution in [0.1, 0.15) is 0 Å². The van der Waals surface area contributed by atoms with Gasteiger partial charge in [0.05, 0.1) is 5.75 Å². The predicted octanol–water partition coefficient (Wildman–Crippen LogP) is 1.85. The van der Waals surface area contributed by atoms with E-state index >= 15 is 0 Å². The van der Waals surface area contributed by atoms with Crippen molar-refractivity contribution in [3.05, 3.63) is 37.4 Å². The van der Waals surface area contributed by atoms with Crippen LogP contribution in [0.15, 0.2) is 30.3 Å². The van der Waals surface area contributed by atoms with Crippen molar-refractivity contribution in [2.75, 3.05) is 0 Å². The molecule has 1 aromatic rings. The first-order chi connectivity index (χ1) is 3.93. The molecule has 42 valence electrons. The summed E-state index contributed by atoms with van der Waals surface area (Å²) in [6.45, 7) is 0. The van der Waals surface area contributed by atoms with Gasteiger partial charge >= 0.3 is 32.7 Å². The van der Waals surface area contributed by atoms with E-state index in [9.17, 15) is 0 Å². The molecule has 0 spiro atoms. The van der Waals surface area contributed by atoms with Crippen LogP contribution in [-0.2, 0) is 32.7 Å². The molecule has 0 heterocycles. The molecule has 0 fully saturated rings. The number of rotatable bonds is 1. The van der Waals surface area contributed by atoms with Crippen LogP contribution < -0.4 is 4.74 Å². The van der Waals surface area contributed by atoms with E-state index < -0.39 is 0 Å². The first-order valence-corrected chi connectivity index (χ1v) is 2.40. The molecule has 0 saturated carbocycles. The minimum atomic E-state index is 0. The molecule has 0 aliphatic heterocycles. The molecular weight excluding hydrogens is 189 g/mol. The van der Waals surface area contributed by atoms with Gasteiger partial charge in [-0.15, -0.1) is 0 Å². The third-order valence-electron chi connectivity index (χ3n) is 0.910. The Morgan fingerprint density at radius 1 is 1.11 bits per heavy atom. The summed E-state index contributed by atoms with van der Waals surface area (Å²) in [5, 5.41) is 0. The molecule has 2 heteroatoms. The van der Waals surface area contributed by atoms with Crippen LogP contribution in [0.4, 0.5) is 0 Å². The van der Waals surface area contributed by atoms with Gasteiger partial charge in [0, 0.05) is 0 Å². The number of ether oxygens (including phenoxy) is 1.